The minimum atomic E-state index is -1.58. The summed E-state index contributed by atoms with van der Waals surface area (Å²) >= 11 is 0. The number of carbonyl (C=O) groups excluding carboxylic acids is 2. The van der Waals surface area contributed by atoms with Gasteiger partial charge in [0, 0.05) is 12.0 Å². The van der Waals surface area contributed by atoms with Gasteiger partial charge in [-0.2, -0.15) is 0 Å². The molecule has 0 amide bonds. The van der Waals surface area contributed by atoms with E-state index in [0.717, 1.165) is 0 Å². The lowest BCUT2D eigenvalue weighted by atomic mass is 9.73. The number of esters is 1. The van der Waals surface area contributed by atoms with Gasteiger partial charge in [-0.3, -0.25) is 4.79 Å². The molecule has 5 rings (SSSR count). The molecule has 31 heavy (non-hydrogen) atoms. The SMILES string of the molecule is C=C1C(=O)O[C@]23C[C@H]1CC[C@]1(CO[C@@H]4O[C@H](CO)[C@@H](O)[C@H](O)[C@H]4O)O[C@@]12C(=O)C=C3C. The highest BCUT2D eigenvalue weighted by Gasteiger charge is 2.87. The highest BCUT2D eigenvalue weighted by molar-refractivity contribution is 6.07. The molecule has 5 aliphatic rings. The number of epoxide rings is 1. The maximum atomic E-state index is 13.1. The van der Waals surface area contributed by atoms with Crippen molar-refractivity contribution in [2.75, 3.05) is 13.2 Å². The van der Waals surface area contributed by atoms with E-state index in [0.29, 0.717) is 30.4 Å². The van der Waals surface area contributed by atoms with E-state index in [2.05, 4.69) is 6.58 Å². The molecular formula is C21H26O10. The van der Waals surface area contributed by atoms with Crippen LogP contribution in [0.5, 0.6) is 0 Å². The van der Waals surface area contributed by atoms with Crippen molar-refractivity contribution in [2.24, 2.45) is 5.92 Å². The summed E-state index contributed by atoms with van der Waals surface area (Å²) in [4.78, 5) is 25.6. The fraction of sp³-hybridized carbons (Fsp3) is 0.714. The maximum Gasteiger partial charge on any atom is 0.334 e. The van der Waals surface area contributed by atoms with Crippen LogP contribution in [0.3, 0.4) is 0 Å². The Morgan fingerprint density at radius 2 is 1.97 bits per heavy atom. The molecule has 2 spiro atoms. The summed E-state index contributed by atoms with van der Waals surface area (Å²) in [6.07, 6.45) is -4.36. The Bertz CT molecular complexity index is 881. The van der Waals surface area contributed by atoms with Crippen LogP contribution in [0.4, 0.5) is 0 Å². The second-order valence-corrected chi connectivity index (χ2v) is 9.16. The van der Waals surface area contributed by atoms with Gasteiger partial charge in [0.1, 0.15) is 30.0 Å². The number of aliphatic hydroxyl groups is 4. The minimum absolute atomic E-state index is 0.159. The molecule has 10 nitrogen and oxygen atoms in total. The van der Waals surface area contributed by atoms with Crippen molar-refractivity contribution in [1.29, 1.82) is 0 Å². The second kappa shape index (κ2) is 6.67. The van der Waals surface area contributed by atoms with E-state index in [1.165, 1.54) is 6.08 Å². The third-order valence-electron chi connectivity index (χ3n) is 7.63. The van der Waals surface area contributed by atoms with Gasteiger partial charge in [-0.05, 0) is 37.3 Å². The number of ketones is 1. The molecule has 0 aromatic carbocycles. The van der Waals surface area contributed by atoms with Gasteiger partial charge in [-0.1, -0.05) is 6.58 Å². The molecule has 4 fully saturated rings. The summed E-state index contributed by atoms with van der Waals surface area (Å²) in [5.41, 5.74) is -2.78. The van der Waals surface area contributed by atoms with Crippen LogP contribution in [0.1, 0.15) is 26.2 Å². The summed E-state index contributed by atoms with van der Waals surface area (Å²) < 4.78 is 23.1. The molecule has 0 aromatic rings. The van der Waals surface area contributed by atoms with E-state index in [1.807, 2.05) is 0 Å². The van der Waals surface area contributed by atoms with Gasteiger partial charge in [0.15, 0.2) is 17.7 Å². The number of hydrogen-bond donors (Lipinski definition) is 4. The average molecular weight is 438 g/mol. The molecule has 2 bridgehead atoms. The van der Waals surface area contributed by atoms with Crippen molar-refractivity contribution in [3.8, 4) is 0 Å². The Kier molecular flexibility index (Phi) is 4.56. The first-order chi connectivity index (χ1) is 14.6. The molecule has 2 aliphatic carbocycles. The zero-order chi connectivity index (χ0) is 22.3. The average Bonchev–Trinajstić information content (AvgIpc) is 3.39. The van der Waals surface area contributed by atoms with Crippen molar-refractivity contribution < 1.29 is 49.0 Å². The molecule has 10 heteroatoms. The lowest BCUT2D eigenvalue weighted by molar-refractivity contribution is -0.303. The van der Waals surface area contributed by atoms with Crippen molar-refractivity contribution in [3.05, 3.63) is 23.8 Å². The fourth-order valence-electron chi connectivity index (χ4n) is 5.78. The molecule has 3 aliphatic heterocycles. The molecule has 0 unspecified atom stereocenters. The van der Waals surface area contributed by atoms with Crippen LogP contribution in [0, 0.1) is 5.92 Å². The van der Waals surface area contributed by atoms with E-state index in [1.54, 1.807) is 6.92 Å². The highest BCUT2D eigenvalue weighted by Crippen LogP contribution is 2.69. The lowest BCUT2D eigenvalue weighted by Gasteiger charge is -2.41. The van der Waals surface area contributed by atoms with Crippen molar-refractivity contribution >= 4 is 11.8 Å². The molecule has 4 N–H and O–H groups in total. The number of rotatable bonds is 4. The molecule has 1 saturated carbocycles. The predicted octanol–water partition coefficient (Wildman–Crippen LogP) is -1.51. The number of hydrogen-bond acceptors (Lipinski definition) is 10. The summed E-state index contributed by atoms with van der Waals surface area (Å²) in [5, 5.41) is 39.6. The smallest absolute Gasteiger partial charge is 0.334 e. The molecular weight excluding hydrogens is 412 g/mol. The third kappa shape index (κ3) is 2.52. The van der Waals surface area contributed by atoms with Crippen LogP contribution in [0.2, 0.25) is 0 Å². The molecule has 3 saturated heterocycles. The van der Waals surface area contributed by atoms with E-state index in [9.17, 15) is 30.0 Å². The quantitative estimate of drug-likeness (QED) is 0.231. The van der Waals surface area contributed by atoms with Crippen LogP contribution >= 0.6 is 0 Å². The van der Waals surface area contributed by atoms with E-state index in [-0.39, 0.29) is 18.3 Å². The Balaban J connectivity index is 1.43. The number of carbonyl (C=O) groups is 2. The Labute approximate surface area is 178 Å². The largest absolute Gasteiger partial charge is 0.447 e. The van der Waals surface area contributed by atoms with Gasteiger partial charge >= 0.3 is 5.97 Å². The molecule has 170 valence electrons. The molecule has 9 atom stereocenters. The van der Waals surface area contributed by atoms with Crippen molar-refractivity contribution in [3.63, 3.8) is 0 Å². The van der Waals surface area contributed by atoms with Crippen molar-refractivity contribution in [1.82, 2.24) is 0 Å². The second-order valence-electron chi connectivity index (χ2n) is 9.16. The van der Waals surface area contributed by atoms with Crippen molar-refractivity contribution in [2.45, 2.75) is 73.7 Å². The van der Waals surface area contributed by atoms with Gasteiger partial charge in [0.05, 0.1) is 13.2 Å². The first-order valence-corrected chi connectivity index (χ1v) is 10.4. The summed E-state index contributed by atoms with van der Waals surface area (Å²) in [6, 6.07) is 0. The van der Waals surface area contributed by atoms with E-state index < -0.39 is 60.1 Å². The first kappa shape index (κ1) is 21.2. The summed E-state index contributed by atoms with van der Waals surface area (Å²) in [7, 11) is 0. The first-order valence-electron chi connectivity index (χ1n) is 10.4. The molecule has 0 radical (unpaired) electrons. The standard InChI is InChI=1S/C21H26O10/c1-9-5-13(23)21-19(31-21,4-3-11-6-20(9,21)30-17(27)10(11)2)8-28-18-16(26)15(25)14(24)12(7-22)29-18/h5,11-12,14-16,18,22,24-26H,2-4,6-8H2,1H3/t11-,12-,14-,15+,16-,18-,19-,20+,21+/m1/s1. The lowest BCUT2D eigenvalue weighted by Crippen LogP contribution is -2.60. The minimum Gasteiger partial charge on any atom is -0.447 e. The normalized spacial score (nSPS) is 50.9. The Hall–Kier alpha value is -1.66. The monoisotopic (exact) mass is 438 g/mol. The highest BCUT2D eigenvalue weighted by atomic mass is 16.7. The van der Waals surface area contributed by atoms with E-state index in [4.69, 9.17) is 18.9 Å². The number of fused-ring (bicyclic) bond motifs is 1. The van der Waals surface area contributed by atoms with Crippen LogP contribution in [0.25, 0.3) is 0 Å². The molecule has 0 aromatic heterocycles. The summed E-state index contributed by atoms with van der Waals surface area (Å²) in [6.45, 7) is 4.83. The summed E-state index contributed by atoms with van der Waals surface area (Å²) in [5.74, 6) is -1.00. The topological polar surface area (TPSA) is 155 Å². The van der Waals surface area contributed by atoms with Gasteiger partial charge < -0.3 is 39.4 Å². The van der Waals surface area contributed by atoms with Gasteiger partial charge in [-0.25, -0.2) is 4.79 Å². The maximum absolute atomic E-state index is 13.1. The Morgan fingerprint density at radius 1 is 1.23 bits per heavy atom. The zero-order valence-electron chi connectivity index (χ0n) is 17.0. The van der Waals surface area contributed by atoms with Gasteiger partial charge in [-0.15, -0.1) is 0 Å². The van der Waals surface area contributed by atoms with Crippen LogP contribution < -0.4 is 0 Å². The fourth-order valence-corrected chi connectivity index (χ4v) is 5.78. The number of aliphatic hydroxyl groups excluding tert-OH is 4. The molecule has 3 heterocycles. The predicted molar refractivity (Wildman–Crippen MR) is 100 cm³/mol. The van der Waals surface area contributed by atoms with E-state index >= 15 is 0 Å². The van der Waals surface area contributed by atoms with Gasteiger partial charge in [0.25, 0.3) is 0 Å². The number of ether oxygens (including phenoxy) is 4. The third-order valence-corrected chi connectivity index (χ3v) is 7.63. The zero-order valence-corrected chi connectivity index (χ0v) is 17.0. The van der Waals surface area contributed by atoms with Crippen LogP contribution in [-0.2, 0) is 28.5 Å². The Morgan fingerprint density at radius 3 is 2.68 bits per heavy atom. The van der Waals surface area contributed by atoms with Crippen LogP contribution in [-0.4, -0.2) is 92.9 Å². The van der Waals surface area contributed by atoms with Crippen LogP contribution in [0.15, 0.2) is 23.8 Å². The van der Waals surface area contributed by atoms with Gasteiger partial charge in [0.2, 0.25) is 5.60 Å².